The minimum absolute atomic E-state index is 0. The zero-order valence-corrected chi connectivity index (χ0v) is 10.5. The van der Waals surface area contributed by atoms with Gasteiger partial charge in [-0.3, -0.25) is 0 Å². The van der Waals surface area contributed by atoms with E-state index in [-0.39, 0.29) is 8.41 Å². The molecule has 0 saturated heterocycles. The molecule has 14 heavy (non-hydrogen) atoms. The third-order valence-corrected chi connectivity index (χ3v) is 3.85. The second-order valence-electron chi connectivity index (χ2n) is 2.23. The van der Waals surface area contributed by atoms with Crippen LogP contribution in [0.3, 0.4) is 0 Å². The Balaban J connectivity index is 0. The number of hydrogen-bond donors (Lipinski definition) is 0. The summed E-state index contributed by atoms with van der Waals surface area (Å²) in [7, 11) is -2.80. The molecule has 0 N–H and O–H groups in total. The zero-order valence-electron chi connectivity index (χ0n) is 9.54. The largest absolute Gasteiger partial charge is 0.679 e. The molecule has 0 aromatic carbocycles. The Hall–Kier alpha value is 0.122. The third-order valence-electron chi connectivity index (χ3n) is 1.28. The van der Waals surface area contributed by atoms with Gasteiger partial charge in [0.25, 0.3) is 0 Å². The zero-order chi connectivity index (χ0) is 10.2. The molecule has 3 radical (unpaired) electrons. The van der Waals surface area contributed by atoms with Crippen LogP contribution in [-0.4, -0.2) is 43.9 Å². The van der Waals surface area contributed by atoms with Crippen molar-refractivity contribution < 1.29 is 17.7 Å². The fourth-order valence-electron chi connectivity index (χ4n) is 0.957. The molecule has 0 rings (SSSR count). The van der Waals surface area contributed by atoms with E-state index in [1.807, 2.05) is 27.7 Å². The summed E-state index contributed by atoms with van der Waals surface area (Å²) in [6.07, 6.45) is 0. The van der Waals surface area contributed by atoms with E-state index in [2.05, 4.69) is 0 Å². The summed E-state index contributed by atoms with van der Waals surface area (Å²) < 4.78 is 21.7. The van der Waals surface area contributed by atoms with Gasteiger partial charge in [0.2, 0.25) is 0 Å². The molecule has 0 aliphatic rings. The van der Waals surface area contributed by atoms with E-state index >= 15 is 0 Å². The van der Waals surface area contributed by atoms with E-state index in [4.69, 9.17) is 17.7 Å². The summed E-state index contributed by atoms with van der Waals surface area (Å²) in [6, 6.07) is 0. The molecule has 0 aromatic rings. The Labute approximate surface area is 89.9 Å². The molecule has 0 spiro atoms. The van der Waals surface area contributed by atoms with Crippen LogP contribution in [0.2, 0.25) is 0 Å². The van der Waals surface area contributed by atoms with Crippen molar-refractivity contribution >= 4 is 17.5 Å². The smallest absolute Gasteiger partial charge is 0.351 e. The molecule has 0 saturated carbocycles. The van der Waals surface area contributed by atoms with Crippen molar-refractivity contribution in [3.8, 4) is 0 Å². The fraction of sp³-hybridized carbons (Fsp3) is 1.00. The fourth-order valence-corrected chi connectivity index (χ4v) is 2.87. The molecule has 83 valence electrons. The van der Waals surface area contributed by atoms with E-state index in [9.17, 15) is 0 Å². The molecular weight excluding hydrogens is 199 g/mol. The highest BCUT2D eigenvalue weighted by Gasteiger charge is 2.44. The van der Waals surface area contributed by atoms with Gasteiger partial charge in [0.1, 0.15) is 0 Å². The molecule has 0 heterocycles. The SMILES string of the molecule is CCO[Si](OCC)(OCC)OCC.[B]. The molecule has 0 bridgehead atoms. The summed E-state index contributed by atoms with van der Waals surface area (Å²) >= 11 is 0. The van der Waals surface area contributed by atoms with Crippen LogP contribution in [0.1, 0.15) is 27.7 Å². The van der Waals surface area contributed by atoms with Crippen molar-refractivity contribution in [2.45, 2.75) is 27.7 Å². The van der Waals surface area contributed by atoms with Crippen LogP contribution in [-0.2, 0) is 17.7 Å². The van der Waals surface area contributed by atoms with Gasteiger partial charge in [0, 0.05) is 34.8 Å². The molecular formula is C8H20BO4Si. The van der Waals surface area contributed by atoms with Gasteiger partial charge >= 0.3 is 9.05 Å². The first-order valence-corrected chi connectivity index (χ1v) is 6.43. The predicted molar refractivity (Wildman–Crippen MR) is 58.0 cm³/mol. The van der Waals surface area contributed by atoms with Gasteiger partial charge < -0.3 is 17.7 Å². The van der Waals surface area contributed by atoms with Crippen molar-refractivity contribution in [2.75, 3.05) is 26.4 Å². The van der Waals surface area contributed by atoms with Gasteiger partial charge in [-0.05, 0) is 27.7 Å². The molecule has 0 unspecified atom stereocenters. The minimum atomic E-state index is -2.80. The highest BCUT2D eigenvalue weighted by atomic mass is 28.4. The molecule has 4 nitrogen and oxygen atoms in total. The van der Waals surface area contributed by atoms with Crippen LogP contribution in [0, 0.1) is 0 Å². The van der Waals surface area contributed by atoms with Gasteiger partial charge in [-0.2, -0.15) is 0 Å². The first kappa shape index (κ1) is 16.5. The van der Waals surface area contributed by atoms with Crippen molar-refractivity contribution in [2.24, 2.45) is 0 Å². The summed E-state index contributed by atoms with van der Waals surface area (Å²) in [4.78, 5) is 0. The van der Waals surface area contributed by atoms with Gasteiger partial charge in [0.15, 0.2) is 0 Å². The number of rotatable bonds is 8. The van der Waals surface area contributed by atoms with Crippen molar-refractivity contribution in [1.82, 2.24) is 0 Å². The monoisotopic (exact) mass is 219 g/mol. The molecule has 0 aromatic heterocycles. The van der Waals surface area contributed by atoms with E-state index < -0.39 is 9.05 Å². The second kappa shape index (κ2) is 9.67. The average molecular weight is 219 g/mol. The second-order valence-corrected chi connectivity index (χ2v) is 4.39. The lowest BCUT2D eigenvalue weighted by atomic mass is 10.8. The van der Waals surface area contributed by atoms with Gasteiger partial charge in [-0.1, -0.05) is 0 Å². The topological polar surface area (TPSA) is 36.9 Å². The Morgan fingerprint density at radius 2 is 0.857 bits per heavy atom. The number of hydrogen-bond acceptors (Lipinski definition) is 4. The van der Waals surface area contributed by atoms with E-state index in [0.29, 0.717) is 26.4 Å². The Morgan fingerprint density at radius 1 is 0.643 bits per heavy atom. The summed E-state index contributed by atoms with van der Waals surface area (Å²) in [6.45, 7) is 9.80. The van der Waals surface area contributed by atoms with Gasteiger partial charge in [-0.25, -0.2) is 0 Å². The predicted octanol–water partition coefficient (Wildman–Crippen LogP) is 1.19. The maximum Gasteiger partial charge on any atom is 0.679 e. The average Bonchev–Trinajstić information content (AvgIpc) is 2.06. The Kier molecular flexibility index (Phi) is 11.4. The van der Waals surface area contributed by atoms with Crippen LogP contribution in [0.4, 0.5) is 0 Å². The summed E-state index contributed by atoms with van der Waals surface area (Å²) in [5.41, 5.74) is 0. The highest BCUT2D eigenvalue weighted by Crippen LogP contribution is 2.11. The molecule has 0 aliphatic carbocycles. The Morgan fingerprint density at radius 3 is 1.00 bits per heavy atom. The van der Waals surface area contributed by atoms with E-state index in [1.54, 1.807) is 0 Å². The first-order chi connectivity index (χ1) is 6.24. The standard InChI is InChI=1S/C8H20O4Si.B/c1-5-9-13(10-6-2,11-7-3)12-8-4;/h5-8H2,1-4H3;. The van der Waals surface area contributed by atoms with Crippen molar-refractivity contribution in [3.05, 3.63) is 0 Å². The quantitative estimate of drug-likeness (QED) is 0.574. The minimum Gasteiger partial charge on any atom is -0.351 e. The van der Waals surface area contributed by atoms with Crippen LogP contribution in [0.15, 0.2) is 0 Å². The lowest BCUT2D eigenvalue weighted by molar-refractivity contribution is -0.0247. The molecule has 0 fully saturated rings. The van der Waals surface area contributed by atoms with Crippen molar-refractivity contribution in [1.29, 1.82) is 0 Å². The molecule has 0 amide bonds. The first-order valence-electron chi connectivity index (χ1n) is 4.80. The van der Waals surface area contributed by atoms with Gasteiger partial charge in [0.05, 0.1) is 0 Å². The van der Waals surface area contributed by atoms with Crippen LogP contribution >= 0.6 is 0 Å². The normalized spacial score (nSPS) is 11.1. The van der Waals surface area contributed by atoms with Crippen LogP contribution in [0.5, 0.6) is 0 Å². The lowest BCUT2D eigenvalue weighted by Gasteiger charge is -2.26. The third kappa shape index (κ3) is 5.77. The van der Waals surface area contributed by atoms with Gasteiger partial charge in [-0.15, -0.1) is 0 Å². The van der Waals surface area contributed by atoms with E-state index in [1.165, 1.54) is 0 Å². The summed E-state index contributed by atoms with van der Waals surface area (Å²) in [5, 5.41) is 0. The maximum atomic E-state index is 5.42. The molecule has 0 atom stereocenters. The lowest BCUT2D eigenvalue weighted by Crippen LogP contribution is -2.49. The van der Waals surface area contributed by atoms with Crippen LogP contribution in [0.25, 0.3) is 0 Å². The summed E-state index contributed by atoms with van der Waals surface area (Å²) in [5.74, 6) is 0. The maximum absolute atomic E-state index is 5.42. The van der Waals surface area contributed by atoms with E-state index in [0.717, 1.165) is 0 Å². The molecule has 6 heteroatoms. The van der Waals surface area contributed by atoms with Crippen molar-refractivity contribution in [3.63, 3.8) is 0 Å². The highest BCUT2D eigenvalue weighted by molar-refractivity contribution is 6.53. The molecule has 0 aliphatic heterocycles. The Bertz CT molecular complexity index is 96.4. The van der Waals surface area contributed by atoms with Crippen LogP contribution < -0.4 is 0 Å².